The maximum Gasteiger partial charge on any atom is 0.0414 e. The van der Waals surface area contributed by atoms with Gasteiger partial charge in [0.15, 0.2) is 0 Å². The van der Waals surface area contributed by atoms with E-state index in [9.17, 15) is 0 Å². The highest BCUT2D eigenvalue weighted by Gasteiger charge is 2.04. The number of fused-ring (bicyclic) bond motifs is 1. The molecule has 1 nitrogen and oxygen atoms in total. The van der Waals surface area contributed by atoms with Gasteiger partial charge in [0.1, 0.15) is 0 Å². The summed E-state index contributed by atoms with van der Waals surface area (Å²) in [4.78, 5) is 2.10. The molecule has 0 aliphatic rings. The van der Waals surface area contributed by atoms with E-state index in [0.717, 1.165) is 11.4 Å². The molecule has 0 atom stereocenters. The maximum atomic E-state index is 3.83. The van der Waals surface area contributed by atoms with E-state index >= 15 is 0 Å². The predicted molar refractivity (Wildman–Crippen MR) is 80.8 cm³/mol. The number of hydrogen-bond acceptors (Lipinski definition) is 1. The Hall–Kier alpha value is -2.28. The third-order valence-corrected chi connectivity index (χ3v) is 3.01. The number of anilines is 1. The summed E-state index contributed by atoms with van der Waals surface area (Å²) in [6.45, 7) is 7.55. The first-order valence-electron chi connectivity index (χ1n) is 5.94. The molecule has 2 aromatic carbocycles. The van der Waals surface area contributed by atoms with Crippen molar-refractivity contribution in [2.75, 3.05) is 11.9 Å². The van der Waals surface area contributed by atoms with Crippen LogP contribution in [0.3, 0.4) is 0 Å². The molecule has 2 rings (SSSR count). The van der Waals surface area contributed by atoms with Crippen LogP contribution in [0.1, 0.15) is 0 Å². The van der Waals surface area contributed by atoms with Crippen LogP contribution in [0, 0.1) is 0 Å². The van der Waals surface area contributed by atoms with Gasteiger partial charge in [0.05, 0.1) is 0 Å². The molecule has 0 saturated heterocycles. The number of benzene rings is 2. The Morgan fingerprint density at radius 3 is 2.44 bits per heavy atom. The van der Waals surface area contributed by atoms with Crippen LogP contribution in [0.5, 0.6) is 0 Å². The molecule has 0 aliphatic carbocycles. The Kier molecular flexibility index (Phi) is 3.63. The molecule has 0 N–H and O–H groups in total. The van der Waals surface area contributed by atoms with Gasteiger partial charge in [0, 0.05) is 18.4 Å². The summed E-state index contributed by atoms with van der Waals surface area (Å²) < 4.78 is 0. The number of allylic oxidation sites excluding steroid dienone is 3. The first-order chi connectivity index (χ1) is 8.76. The molecule has 0 aliphatic heterocycles. The van der Waals surface area contributed by atoms with Gasteiger partial charge in [0.25, 0.3) is 0 Å². The second kappa shape index (κ2) is 5.37. The molecule has 2 aromatic rings. The van der Waals surface area contributed by atoms with Crippen molar-refractivity contribution in [1.29, 1.82) is 0 Å². The van der Waals surface area contributed by atoms with E-state index in [0.29, 0.717) is 0 Å². The summed E-state index contributed by atoms with van der Waals surface area (Å²) in [5, 5.41) is 2.49. The van der Waals surface area contributed by atoms with Gasteiger partial charge >= 0.3 is 0 Å². The van der Waals surface area contributed by atoms with Gasteiger partial charge in [-0.05, 0) is 35.1 Å². The normalized spacial score (nSPS) is 11.3. The highest BCUT2D eigenvalue weighted by Crippen LogP contribution is 2.23. The van der Waals surface area contributed by atoms with Crippen LogP contribution in [0.25, 0.3) is 10.8 Å². The smallest absolute Gasteiger partial charge is 0.0414 e. The molecule has 90 valence electrons. The van der Waals surface area contributed by atoms with Crippen LogP contribution in [0.4, 0.5) is 5.69 Å². The SMILES string of the molecule is C=C/C=C(\C=C)N(C)c1ccc2ccccc2c1. The Balaban J connectivity index is 2.44. The third-order valence-electron chi connectivity index (χ3n) is 3.01. The Labute approximate surface area is 108 Å². The van der Waals surface area contributed by atoms with Crippen LogP contribution >= 0.6 is 0 Å². The van der Waals surface area contributed by atoms with E-state index in [4.69, 9.17) is 0 Å². The molecular formula is C17H17N. The van der Waals surface area contributed by atoms with Crippen molar-refractivity contribution < 1.29 is 0 Å². The van der Waals surface area contributed by atoms with Gasteiger partial charge < -0.3 is 4.90 Å². The zero-order valence-electron chi connectivity index (χ0n) is 10.6. The Bertz CT molecular complexity index is 608. The number of likely N-dealkylation sites (N-methyl/N-ethyl adjacent to an activating group) is 1. The van der Waals surface area contributed by atoms with Crippen molar-refractivity contribution in [3.63, 3.8) is 0 Å². The summed E-state index contributed by atoms with van der Waals surface area (Å²) in [7, 11) is 2.03. The molecular weight excluding hydrogens is 218 g/mol. The molecule has 0 heterocycles. The lowest BCUT2D eigenvalue weighted by Crippen LogP contribution is -2.14. The molecule has 0 radical (unpaired) electrons. The van der Waals surface area contributed by atoms with E-state index in [2.05, 4.69) is 60.5 Å². The number of hydrogen-bond donors (Lipinski definition) is 0. The van der Waals surface area contributed by atoms with Gasteiger partial charge in [-0.2, -0.15) is 0 Å². The van der Waals surface area contributed by atoms with Gasteiger partial charge in [-0.1, -0.05) is 49.6 Å². The predicted octanol–water partition coefficient (Wildman–Crippen LogP) is 4.53. The van der Waals surface area contributed by atoms with E-state index in [1.807, 2.05) is 19.2 Å². The summed E-state index contributed by atoms with van der Waals surface area (Å²) >= 11 is 0. The van der Waals surface area contributed by atoms with Crippen molar-refractivity contribution in [2.24, 2.45) is 0 Å². The first kappa shape index (κ1) is 12.2. The molecule has 0 aromatic heterocycles. The second-order valence-corrected chi connectivity index (χ2v) is 4.12. The highest BCUT2D eigenvalue weighted by atomic mass is 15.1. The Morgan fingerprint density at radius 1 is 1.06 bits per heavy atom. The van der Waals surface area contributed by atoms with Crippen molar-refractivity contribution in [1.82, 2.24) is 0 Å². The van der Waals surface area contributed by atoms with Gasteiger partial charge in [-0.25, -0.2) is 0 Å². The van der Waals surface area contributed by atoms with E-state index < -0.39 is 0 Å². The second-order valence-electron chi connectivity index (χ2n) is 4.12. The molecule has 0 unspecified atom stereocenters. The van der Waals surface area contributed by atoms with E-state index in [1.54, 1.807) is 6.08 Å². The van der Waals surface area contributed by atoms with E-state index in [1.165, 1.54) is 10.8 Å². The zero-order valence-corrected chi connectivity index (χ0v) is 10.6. The molecule has 0 bridgehead atoms. The fourth-order valence-electron chi connectivity index (χ4n) is 1.97. The molecule has 0 saturated carbocycles. The summed E-state index contributed by atoms with van der Waals surface area (Å²) in [6.07, 6.45) is 5.55. The third kappa shape index (κ3) is 2.35. The minimum atomic E-state index is 1.03. The van der Waals surface area contributed by atoms with Crippen molar-refractivity contribution in [2.45, 2.75) is 0 Å². The standard InChI is InChI=1S/C17H17N/c1-4-8-16(5-2)18(3)17-12-11-14-9-6-7-10-15(14)13-17/h4-13H,1-2H2,3H3/b16-8+. The lowest BCUT2D eigenvalue weighted by molar-refractivity contribution is 1.14. The van der Waals surface area contributed by atoms with Crippen LogP contribution < -0.4 is 4.90 Å². The largest absolute Gasteiger partial charge is 0.345 e. The van der Waals surface area contributed by atoms with Crippen LogP contribution in [-0.4, -0.2) is 7.05 Å². The summed E-state index contributed by atoms with van der Waals surface area (Å²) in [6, 6.07) is 14.8. The average molecular weight is 235 g/mol. The minimum Gasteiger partial charge on any atom is -0.345 e. The lowest BCUT2D eigenvalue weighted by Gasteiger charge is -2.20. The fourth-order valence-corrected chi connectivity index (χ4v) is 1.97. The van der Waals surface area contributed by atoms with Crippen molar-refractivity contribution >= 4 is 16.5 Å². The van der Waals surface area contributed by atoms with Crippen molar-refractivity contribution in [3.8, 4) is 0 Å². The van der Waals surface area contributed by atoms with Crippen molar-refractivity contribution in [3.05, 3.63) is 79.5 Å². The van der Waals surface area contributed by atoms with Crippen LogP contribution in [-0.2, 0) is 0 Å². The first-order valence-corrected chi connectivity index (χ1v) is 5.94. The molecule has 18 heavy (non-hydrogen) atoms. The minimum absolute atomic E-state index is 1.03. The number of nitrogens with zero attached hydrogens (tertiary/aromatic N) is 1. The van der Waals surface area contributed by atoms with Gasteiger partial charge in [-0.15, -0.1) is 0 Å². The monoisotopic (exact) mass is 235 g/mol. The highest BCUT2D eigenvalue weighted by molar-refractivity contribution is 5.86. The summed E-state index contributed by atoms with van der Waals surface area (Å²) in [5.41, 5.74) is 2.17. The maximum absolute atomic E-state index is 3.83. The van der Waals surface area contributed by atoms with Gasteiger partial charge in [-0.3, -0.25) is 0 Å². The van der Waals surface area contributed by atoms with Crippen LogP contribution in [0.15, 0.2) is 79.5 Å². The lowest BCUT2D eigenvalue weighted by atomic mass is 10.1. The summed E-state index contributed by atoms with van der Waals surface area (Å²) in [5.74, 6) is 0. The van der Waals surface area contributed by atoms with Crippen LogP contribution in [0.2, 0.25) is 0 Å². The van der Waals surface area contributed by atoms with Gasteiger partial charge in [0.2, 0.25) is 0 Å². The topological polar surface area (TPSA) is 3.24 Å². The average Bonchev–Trinajstić information content (AvgIpc) is 2.43. The zero-order chi connectivity index (χ0) is 13.0. The fraction of sp³-hybridized carbons (Fsp3) is 0.0588. The molecule has 0 spiro atoms. The molecule has 1 heteroatoms. The number of rotatable bonds is 4. The molecule has 0 fully saturated rings. The molecule has 0 amide bonds. The Morgan fingerprint density at radius 2 is 1.78 bits per heavy atom. The van der Waals surface area contributed by atoms with E-state index in [-0.39, 0.29) is 0 Å². The quantitative estimate of drug-likeness (QED) is 0.704.